The largest absolute Gasteiger partial charge is 0.350 e. The summed E-state index contributed by atoms with van der Waals surface area (Å²) in [5.74, 6) is 0.623. The molecule has 1 heterocycles. The zero-order chi connectivity index (χ0) is 10.8. The second kappa shape index (κ2) is 4.80. The van der Waals surface area contributed by atoms with E-state index >= 15 is 0 Å². The van der Waals surface area contributed by atoms with Crippen molar-refractivity contribution in [2.24, 2.45) is 11.7 Å². The maximum atomic E-state index is 11.6. The fraction of sp³-hybridized carbons (Fsp3) is 0.500. The van der Waals surface area contributed by atoms with Crippen LogP contribution in [0.2, 0.25) is 0 Å². The fourth-order valence-corrected chi connectivity index (χ4v) is 2.76. The summed E-state index contributed by atoms with van der Waals surface area (Å²) in [7, 11) is 0. The zero-order valence-corrected chi connectivity index (χ0v) is 11.2. The van der Waals surface area contributed by atoms with Crippen molar-refractivity contribution in [1.82, 2.24) is 5.32 Å². The minimum atomic E-state index is -0.00901. The first kappa shape index (κ1) is 11.3. The van der Waals surface area contributed by atoms with Crippen molar-refractivity contribution < 1.29 is 4.79 Å². The molecule has 0 bridgehead atoms. The van der Waals surface area contributed by atoms with Gasteiger partial charge in [0, 0.05) is 18.0 Å². The number of amides is 1. The van der Waals surface area contributed by atoms with Crippen molar-refractivity contribution in [3.8, 4) is 0 Å². The first-order chi connectivity index (χ1) is 7.16. The van der Waals surface area contributed by atoms with Crippen molar-refractivity contribution >= 4 is 39.8 Å². The van der Waals surface area contributed by atoms with E-state index in [-0.39, 0.29) is 11.9 Å². The van der Waals surface area contributed by atoms with Crippen LogP contribution in [0.4, 0.5) is 0 Å². The number of halogens is 1. The summed E-state index contributed by atoms with van der Waals surface area (Å²) in [4.78, 5) is 11.6. The minimum absolute atomic E-state index is 0.00901. The van der Waals surface area contributed by atoms with E-state index in [0.29, 0.717) is 12.5 Å². The molecule has 5 heteroatoms. The van der Waals surface area contributed by atoms with Gasteiger partial charge in [0.15, 0.2) is 0 Å². The van der Waals surface area contributed by atoms with Gasteiger partial charge < -0.3 is 11.1 Å². The van der Waals surface area contributed by atoms with Gasteiger partial charge in [-0.25, -0.2) is 0 Å². The molecule has 1 amide bonds. The van der Waals surface area contributed by atoms with Gasteiger partial charge in [-0.1, -0.05) is 0 Å². The van der Waals surface area contributed by atoms with Gasteiger partial charge in [-0.05, 0) is 47.4 Å². The Kier molecular flexibility index (Phi) is 3.63. The molecule has 1 saturated carbocycles. The molecule has 3 N–H and O–H groups in total. The lowest BCUT2D eigenvalue weighted by Gasteiger charge is -2.10. The fourth-order valence-electron chi connectivity index (χ4n) is 1.43. The van der Waals surface area contributed by atoms with Crippen molar-refractivity contribution in [2.75, 3.05) is 6.54 Å². The van der Waals surface area contributed by atoms with E-state index in [1.807, 2.05) is 11.4 Å². The van der Waals surface area contributed by atoms with Crippen LogP contribution in [0.3, 0.4) is 0 Å². The number of carbonyl (C=O) groups is 1. The lowest BCUT2D eigenvalue weighted by molar-refractivity contribution is 0.0950. The maximum Gasteiger partial charge on any atom is 0.252 e. The van der Waals surface area contributed by atoms with Crippen LogP contribution in [-0.2, 0) is 0 Å². The first-order valence-electron chi connectivity index (χ1n) is 4.94. The molecule has 82 valence electrons. The van der Waals surface area contributed by atoms with Crippen molar-refractivity contribution in [3.63, 3.8) is 0 Å². The Labute approximate surface area is 107 Å². The topological polar surface area (TPSA) is 55.1 Å². The molecular formula is C10H13IN2OS. The van der Waals surface area contributed by atoms with Gasteiger partial charge in [0.1, 0.15) is 0 Å². The standard InChI is InChI=1S/C10H13IN2OS/c11-9-3-7(5-15-9)10(14)13-4-8(12)6-1-2-6/h3,5-6,8H,1-2,4,12H2,(H,13,14). The average Bonchev–Trinajstić information content (AvgIpc) is 2.97. The molecule has 1 aromatic heterocycles. The van der Waals surface area contributed by atoms with Crippen molar-refractivity contribution in [2.45, 2.75) is 18.9 Å². The highest BCUT2D eigenvalue weighted by Gasteiger charge is 2.28. The molecular weight excluding hydrogens is 323 g/mol. The second-order valence-electron chi connectivity index (χ2n) is 3.85. The molecule has 1 atom stereocenters. The Balaban J connectivity index is 1.81. The van der Waals surface area contributed by atoms with E-state index in [1.54, 1.807) is 11.3 Å². The maximum absolute atomic E-state index is 11.6. The van der Waals surface area contributed by atoms with Crippen molar-refractivity contribution in [1.29, 1.82) is 0 Å². The Morgan fingerprint density at radius 2 is 2.47 bits per heavy atom. The summed E-state index contributed by atoms with van der Waals surface area (Å²) >= 11 is 3.79. The SMILES string of the molecule is NC(CNC(=O)c1csc(I)c1)C1CC1. The van der Waals surface area contributed by atoms with E-state index in [0.717, 1.165) is 8.45 Å². The van der Waals surface area contributed by atoms with Gasteiger partial charge in [-0.2, -0.15) is 0 Å². The Hall–Kier alpha value is -0.140. The monoisotopic (exact) mass is 336 g/mol. The average molecular weight is 336 g/mol. The van der Waals surface area contributed by atoms with Crippen molar-refractivity contribution in [3.05, 3.63) is 19.9 Å². The van der Waals surface area contributed by atoms with E-state index in [2.05, 4.69) is 27.9 Å². The van der Waals surface area contributed by atoms with Crippen LogP contribution >= 0.6 is 33.9 Å². The van der Waals surface area contributed by atoms with Gasteiger partial charge in [-0.15, -0.1) is 11.3 Å². The molecule has 1 aromatic rings. The molecule has 1 fully saturated rings. The highest BCUT2D eigenvalue weighted by atomic mass is 127. The highest BCUT2D eigenvalue weighted by molar-refractivity contribution is 14.1. The third kappa shape index (κ3) is 3.15. The number of nitrogens with one attached hydrogen (secondary N) is 1. The first-order valence-corrected chi connectivity index (χ1v) is 6.90. The molecule has 1 aliphatic carbocycles. The molecule has 0 saturated heterocycles. The molecule has 1 unspecified atom stereocenters. The number of hydrogen-bond donors (Lipinski definition) is 2. The van der Waals surface area contributed by atoms with Crippen LogP contribution in [0.15, 0.2) is 11.4 Å². The number of carbonyl (C=O) groups excluding carboxylic acids is 1. The van der Waals surface area contributed by atoms with Crippen LogP contribution < -0.4 is 11.1 Å². The van der Waals surface area contributed by atoms with E-state index < -0.39 is 0 Å². The third-order valence-electron chi connectivity index (χ3n) is 2.56. The van der Waals surface area contributed by atoms with Crippen LogP contribution in [0.25, 0.3) is 0 Å². The highest BCUT2D eigenvalue weighted by Crippen LogP contribution is 2.31. The predicted octanol–water partition coefficient (Wildman–Crippen LogP) is 1.82. The molecule has 0 aromatic carbocycles. The molecule has 0 spiro atoms. The smallest absolute Gasteiger partial charge is 0.252 e. The lowest BCUT2D eigenvalue weighted by Crippen LogP contribution is -2.38. The number of nitrogens with two attached hydrogens (primary N) is 1. The van der Waals surface area contributed by atoms with Gasteiger partial charge in [0.2, 0.25) is 0 Å². The molecule has 15 heavy (non-hydrogen) atoms. The van der Waals surface area contributed by atoms with Crippen LogP contribution in [0.5, 0.6) is 0 Å². The summed E-state index contributed by atoms with van der Waals surface area (Å²) in [5.41, 5.74) is 6.64. The second-order valence-corrected chi connectivity index (χ2v) is 6.66. The summed E-state index contributed by atoms with van der Waals surface area (Å²) in [5, 5.41) is 4.75. The van der Waals surface area contributed by atoms with E-state index in [1.165, 1.54) is 12.8 Å². The quantitative estimate of drug-likeness (QED) is 0.824. The predicted molar refractivity (Wildman–Crippen MR) is 70.1 cm³/mol. The van der Waals surface area contributed by atoms with Gasteiger partial charge in [0.25, 0.3) is 5.91 Å². The molecule has 0 radical (unpaired) electrons. The number of thiophene rings is 1. The Morgan fingerprint density at radius 1 is 1.73 bits per heavy atom. The molecule has 3 nitrogen and oxygen atoms in total. The van der Waals surface area contributed by atoms with Gasteiger partial charge >= 0.3 is 0 Å². The summed E-state index contributed by atoms with van der Waals surface area (Å²) in [6.07, 6.45) is 2.43. The summed E-state index contributed by atoms with van der Waals surface area (Å²) in [6.45, 7) is 0.593. The Morgan fingerprint density at radius 3 is 3.00 bits per heavy atom. The normalized spacial score (nSPS) is 17.5. The summed E-state index contributed by atoms with van der Waals surface area (Å²) < 4.78 is 1.13. The molecule has 0 aliphatic heterocycles. The van der Waals surface area contributed by atoms with Crippen LogP contribution in [0.1, 0.15) is 23.2 Å². The molecule has 1 aliphatic rings. The number of rotatable bonds is 4. The molecule has 2 rings (SSSR count). The third-order valence-corrected chi connectivity index (χ3v) is 4.34. The van der Waals surface area contributed by atoms with Gasteiger partial charge in [0.05, 0.1) is 8.45 Å². The van der Waals surface area contributed by atoms with Crippen LogP contribution in [-0.4, -0.2) is 18.5 Å². The Bertz CT molecular complexity index is 362. The minimum Gasteiger partial charge on any atom is -0.350 e. The van der Waals surface area contributed by atoms with Crippen LogP contribution in [0, 0.1) is 8.80 Å². The lowest BCUT2D eigenvalue weighted by atomic mass is 10.2. The van der Waals surface area contributed by atoms with E-state index in [9.17, 15) is 4.79 Å². The summed E-state index contributed by atoms with van der Waals surface area (Å²) in [6, 6.07) is 2.02. The zero-order valence-electron chi connectivity index (χ0n) is 8.20. The van der Waals surface area contributed by atoms with Gasteiger partial charge in [-0.3, -0.25) is 4.79 Å². The number of hydrogen-bond acceptors (Lipinski definition) is 3. The van der Waals surface area contributed by atoms with E-state index in [4.69, 9.17) is 5.73 Å².